The van der Waals surface area contributed by atoms with E-state index in [-0.39, 0.29) is 17.4 Å². The van der Waals surface area contributed by atoms with E-state index in [0.717, 1.165) is 18.5 Å². The van der Waals surface area contributed by atoms with Gasteiger partial charge in [-0.3, -0.25) is 14.6 Å². The van der Waals surface area contributed by atoms with Gasteiger partial charge in [-0.2, -0.15) is 0 Å². The molecular formula is C20H34N4O4. The molecule has 1 aliphatic carbocycles. The summed E-state index contributed by atoms with van der Waals surface area (Å²) in [4.78, 5) is 23.7. The summed E-state index contributed by atoms with van der Waals surface area (Å²) in [6, 6.07) is -0.446. The van der Waals surface area contributed by atoms with Crippen LogP contribution in [0.5, 0.6) is 0 Å². The normalized spacial score (nSPS) is 25.2. The molecule has 1 unspecified atom stereocenters. The van der Waals surface area contributed by atoms with Crippen LogP contribution in [0.4, 0.5) is 0 Å². The maximum atomic E-state index is 11.9. The molecule has 0 radical (unpaired) electrons. The number of nitrogens with zero attached hydrogens (tertiary/aromatic N) is 1. The molecular weight excluding hydrogens is 360 g/mol. The zero-order valence-electron chi connectivity index (χ0n) is 17.7. The van der Waals surface area contributed by atoms with E-state index in [9.17, 15) is 14.7 Å². The van der Waals surface area contributed by atoms with Gasteiger partial charge in [0.2, 0.25) is 5.91 Å². The first-order valence-electron chi connectivity index (χ1n) is 9.97. The minimum Gasteiger partial charge on any atom is -0.481 e. The van der Waals surface area contributed by atoms with Crippen LogP contribution in [0, 0.1) is 11.3 Å². The van der Waals surface area contributed by atoms with Crippen LogP contribution in [0.3, 0.4) is 0 Å². The maximum Gasteiger partial charge on any atom is 0.310 e. The maximum absolute atomic E-state index is 11.9. The molecule has 1 heterocycles. The molecule has 0 bridgehead atoms. The van der Waals surface area contributed by atoms with Crippen molar-refractivity contribution >= 4 is 11.9 Å². The van der Waals surface area contributed by atoms with Crippen LogP contribution < -0.4 is 16.3 Å². The van der Waals surface area contributed by atoms with Gasteiger partial charge in [0.05, 0.1) is 35.6 Å². The number of amides is 1. The zero-order valence-corrected chi connectivity index (χ0v) is 17.7. The zero-order chi connectivity index (χ0) is 21.1. The van der Waals surface area contributed by atoms with Gasteiger partial charge in [-0.05, 0) is 25.3 Å². The number of carbonyl (C=O) groups excluding carboxylic acids is 1. The summed E-state index contributed by atoms with van der Waals surface area (Å²) in [5.74, 6) is -1.77. The fourth-order valence-electron chi connectivity index (χ4n) is 3.44. The Morgan fingerprint density at radius 3 is 2.46 bits per heavy atom. The molecule has 1 amide bonds. The predicted molar refractivity (Wildman–Crippen MR) is 106 cm³/mol. The van der Waals surface area contributed by atoms with Crippen LogP contribution in [0.2, 0.25) is 0 Å². The van der Waals surface area contributed by atoms with Gasteiger partial charge in [-0.25, -0.2) is 0 Å². The van der Waals surface area contributed by atoms with Gasteiger partial charge in [-0.15, -0.1) is 5.53 Å². The Bertz CT molecular complexity index is 649. The molecule has 0 saturated heterocycles. The number of carboxylic acids is 1. The van der Waals surface area contributed by atoms with Crippen LogP contribution in [-0.4, -0.2) is 40.2 Å². The third kappa shape index (κ3) is 5.26. The van der Waals surface area contributed by atoms with Crippen molar-refractivity contribution in [2.75, 3.05) is 0 Å². The van der Waals surface area contributed by atoms with Gasteiger partial charge in [0.25, 0.3) is 0 Å². The summed E-state index contributed by atoms with van der Waals surface area (Å²) < 4.78 is 6.25. The highest BCUT2D eigenvalue weighted by atomic mass is 16.5. The standard InChI is InChI=1S/C20H34N4O4/c1-7-14(8-2)28-16-10-13(19(26)27)9-15(18(16)21-12(3)25)24-11-17(22-23-24)20(4,5)6/h9,11,13-14,16,18,22-23H,7-8,10H2,1-6H3,(H,21,25)(H,26,27)/t13?,16-,18-/m1/s1. The monoisotopic (exact) mass is 394 g/mol. The Morgan fingerprint density at radius 2 is 2.00 bits per heavy atom. The van der Waals surface area contributed by atoms with Crippen LogP contribution in [-0.2, 0) is 14.3 Å². The van der Waals surface area contributed by atoms with Crippen LogP contribution >= 0.6 is 0 Å². The van der Waals surface area contributed by atoms with E-state index in [2.05, 4.69) is 37.0 Å². The fourth-order valence-corrected chi connectivity index (χ4v) is 3.44. The second kappa shape index (κ2) is 8.96. The largest absolute Gasteiger partial charge is 0.481 e. The number of carbonyl (C=O) groups is 2. The summed E-state index contributed by atoms with van der Waals surface area (Å²) in [7, 11) is 0. The molecule has 3 atom stereocenters. The average Bonchev–Trinajstić information content (AvgIpc) is 3.10. The summed E-state index contributed by atoms with van der Waals surface area (Å²) in [5, 5.41) is 14.4. The Kier molecular flexibility index (Phi) is 7.11. The lowest BCUT2D eigenvalue weighted by Gasteiger charge is -2.39. The van der Waals surface area contributed by atoms with Gasteiger partial charge in [0.1, 0.15) is 0 Å². The summed E-state index contributed by atoms with van der Waals surface area (Å²) in [6.07, 6.45) is 5.16. The quantitative estimate of drug-likeness (QED) is 0.525. The highest BCUT2D eigenvalue weighted by molar-refractivity contribution is 5.75. The molecule has 1 aliphatic heterocycles. The van der Waals surface area contributed by atoms with Crippen molar-refractivity contribution in [3.63, 3.8) is 0 Å². The van der Waals surface area contributed by atoms with Crippen molar-refractivity contribution < 1.29 is 19.4 Å². The van der Waals surface area contributed by atoms with Crippen LogP contribution in [0.25, 0.3) is 0 Å². The second-order valence-electron chi connectivity index (χ2n) is 8.46. The average molecular weight is 395 g/mol. The number of ether oxygens (including phenoxy) is 1. The Hall–Kier alpha value is -2.06. The van der Waals surface area contributed by atoms with Gasteiger partial charge < -0.3 is 20.6 Å². The van der Waals surface area contributed by atoms with E-state index < -0.39 is 24.0 Å². The number of hydrogen-bond acceptors (Lipinski definition) is 6. The molecule has 0 aromatic carbocycles. The Morgan fingerprint density at radius 1 is 1.36 bits per heavy atom. The number of hydrogen-bond donors (Lipinski definition) is 4. The van der Waals surface area contributed by atoms with E-state index in [4.69, 9.17) is 4.74 Å². The van der Waals surface area contributed by atoms with Crippen molar-refractivity contribution in [2.45, 2.75) is 79.1 Å². The smallest absolute Gasteiger partial charge is 0.310 e. The van der Waals surface area contributed by atoms with Crippen molar-refractivity contribution in [3.8, 4) is 0 Å². The molecule has 0 aromatic heterocycles. The lowest BCUT2D eigenvalue weighted by atomic mass is 9.87. The van der Waals surface area contributed by atoms with Crippen molar-refractivity contribution in [1.29, 1.82) is 0 Å². The number of nitrogens with one attached hydrogen (secondary N) is 3. The number of aliphatic carboxylic acids is 1. The summed E-state index contributed by atoms with van der Waals surface area (Å²) >= 11 is 0. The first-order valence-corrected chi connectivity index (χ1v) is 9.97. The topological polar surface area (TPSA) is 103 Å². The van der Waals surface area contributed by atoms with Crippen molar-refractivity contribution in [3.05, 3.63) is 23.7 Å². The third-order valence-electron chi connectivity index (χ3n) is 5.16. The first kappa shape index (κ1) is 22.2. The Balaban J connectivity index is 2.40. The first-order chi connectivity index (χ1) is 13.1. The van der Waals surface area contributed by atoms with Gasteiger partial charge >= 0.3 is 5.97 Å². The minimum atomic E-state index is -0.899. The second-order valence-corrected chi connectivity index (χ2v) is 8.46. The predicted octanol–water partition coefficient (Wildman–Crippen LogP) is 2.27. The van der Waals surface area contributed by atoms with E-state index >= 15 is 0 Å². The summed E-state index contributed by atoms with van der Waals surface area (Å²) in [6.45, 7) is 11.8. The van der Waals surface area contributed by atoms with E-state index in [0.29, 0.717) is 12.1 Å². The third-order valence-corrected chi connectivity index (χ3v) is 5.16. The SMILES string of the molecule is CCC(CC)O[C@@H]1CC(C(=O)O)C=C(N2C=C(C(C)(C)C)NN2)[C@H]1NC(C)=O. The van der Waals surface area contributed by atoms with Gasteiger partial charge in [0, 0.05) is 18.5 Å². The molecule has 0 fully saturated rings. The van der Waals surface area contributed by atoms with E-state index in [1.807, 2.05) is 20.0 Å². The fraction of sp³-hybridized carbons (Fsp3) is 0.700. The lowest BCUT2D eigenvalue weighted by Crippen LogP contribution is -2.54. The number of hydrazine groups is 2. The van der Waals surface area contributed by atoms with Gasteiger partial charge in [-0.1, -0.05) is 34.6 Å². The summed E-state index contributed by atoms with van der Waals surface area (Å²) in [5.41, 5.74) is 7.72. The van der Waals surface area contributed by atoms with Gasteiger partial charge in [0.15, 0.2) is 0 Å². The minimum absolute atomic E-state index is 0.0143. The molecule has 0 spiro atoms. The van der Waals surface area contributed by atoms with E-state index in [1.54, 1.807) is 11.1 Å². The molecule has 158 valence electrons. The molecule has 0 saturated carbocycles. The molecule has 4 N–H and O–H groups in total. The molecule has 0 aromatic rings. The number of carboxylic acid groups (broad SMARTS) is 1. The highest BCUT2D eigenvalue weighted by Crippen LogP contribution is 2.32. The molecule has 8 heteroatoms. The Labute approximate surface area is 167 Å². The molecule has 2 rings (SSSR count). The lowest BCUT2D eigenvalue weighted by molar-refractivity contribution is -0.143. The van der Waals surface area contributed by atoms with Crippen molar-refractivity contribution in [2.24, 2.45) is 11.3 Å². The van der Waals surface area contributed by atoms with Crippen LogP contribution in [0.1, 0.15) is 60.8 Å². The molecule has 2 aliphatic rings. The van der Waals surface area contributed by atoms with Crippen LogP contribution in [0.15, 0.2) is 23.7 Å². The highest BCUT2D eigenvalue weighted by Gasteiger charge is 2.40. The number of rotatable bonds is 7. The number of allylic oxidation sites excluding steroid dienone is 1. The van der Waals surface area contributed by atoms with Crippen molar-refractivity contribution in [1.82, 2.24) is 21.3 Å². The molecule has 28 heavy (non-hydrogen) atoms. The molecule has 8 nitrogen and oxygen atoms in total. The van der Waals surface area contributed by atoms with E-state index in [1.165, 1.54) is 6.92 Å².